The Morgan fingerprint density at radius 3 is 2.46 bits per heavy atom. The summed E-state index contributed by atoms with van der Waals surface area (Å²) < 4.78 is 12.9. The van der Waals surface area contributed by atoms with E-state index in [1.54, 1.807) is 30.1 Å². The fourth-order valence-electron chi connectivity index (χ4n) is 3.90. The standard InChI is InChI=1S/C27H34N4O4/c1-17(2)28-26(32)16-35-24-13-12-21(14-25(24)34-7)27(33)30(6)15-22-19(4)29-31(20(22)5)23-11-9-8-10-18(23)3/h8-14,17H,15-16H2,1-7H3,(H,28,32). The molecular formula is C27H34N4O4. The Kier molecular flexibility index (Phi) is 8.17. The van der Waals surface area contributed by atoms with Crippen molar-refractivity contribution in [2.24, 2.45) is 0 Å². The van der Waals surface area contributed by atoms with E-state index in [4.69, 9.17) is 14.6 Å². The summed E-state index contributed by atoms with van der Waals surface area (Å²) in [6.07, 6.45) is 0. The molecule has 0 aliphatic rings. The first-order valence-corrected chi connectivity index (χ1v) is 11.6. The Hall–Kier alpha value is -3.81. The first-order valence-electron chi connectivity index (χ1n) is 11.6. The van der Waals surface area contributed by atoms with Gasteiger partial charge >= 0.3 is 0 Å². The molecule has 2 aromatic carbocycles. The third-order valence-electron chi connectivity index (χ3n) is 5.75. The van der Waals surface area contributed by atoms with E-state index in [1.165, 1.54) is 7.11 Å². The lowest BCUT2D eigenvalue weighted by Crippen LogP contribution is -2.34. The van der Waals surface area contributed by atoms with Crippen LogP contribution < -0.4 is 14.8 Å². The van der Waals surface area contributed by atoms with Gasteiger partial charge in [-0.3, -0.25) is 9.59 Å². The molecule has 0 saturated carbocycles. The van der Waals surface area contributed by atoms with Crippen LogP contribution in [0.5, 0.6) is 11.5 Å². The second-order valence-corrected chi connectivity index (χ2v) is 8.89. The van der Waals surface area contributed by atoms with Crippen molar-refractivity contribution in [2.75, 3.05) is 20.8 Å². The molecule has 0 atom stereocenters. The molecule has 8 heteroatoms. The van der Waals surface area contributed by atoms with Gasteiger partial charge in [0.2, 0.25) is 0 Å². The third kappa shape index (κ3) is 6.01. The number of nitrogens with one attached hydrogen (secondary N) is 1. The fraction of sp³-hybridized carbons (Fsp3) is 0.370. The Labute approximate surface area is 206 Å². The molecule has 2 amide bonds. The van der Waals surface area contributed by atoms with Crippen LogP contribution in [-0.4, -0.2) is 53.3 Å². The number of rotatable bonds is 9. The van der Waals surface area contributed by atoms with Crippen LogP contribution in [0.4, 0.5) is 0 Å². The number of ether oxygens (including phenoxy) is 2. The molecule has 35 heavy (non-hydrogen) atoms. The zero-order valence-electron chi connectivity index (χ0n) is 21.5. The largest absolute Gasteiger partial charge is 0.493 e. The van der Waals surface area contributed by atoms with Crippen molar-refractivity contribution in [1.82, 2.24) is 20.0 Å². The molecule has 0 bridgehead atoms. The van der Waals surface area contributed by atoms with Gasteiger partial charge in [-0.25, -0.2) is 4.68 Å². The number of carbonyl (C=O) groups is 2. The van der Waals surface area contributed by atoms with Gasteiger partial charge in [-0.2, -0.15) is 5.10 Å². The predicted octanol–water partition coefficient (Wildman–Crippen LogP) is 3.98. The van der Waals surface area contributed by atoms with E-state index in [0.29, 0.717) is 23.6 Å². The zero-order valence-corrected chi connectivity index (χ0v) is 21.5. The minimum absolute atomic E-state index is 0.0274. The molecular weight excluding hydrogens is 444 g/mol. The Morgan fingerprint density at radius 1 is 1.09 bits per heavy atom. The highest BCUT2D eigenvalue weighted by Gasteiger charge is 2.20. The Balaban J connectivity index is 1.75. The van der Waals surface area contributed by atoms with E-state index in [2.05, 4.69) is 18.3 Å². The number of methoxy groups -OCH3 is 1. The average molecular weight is 479 g/mol. The van der Waals surface area contributed by atoms with Gasteiger partial charge in [-0.05, 0) is 64.4 Å². The summed E-state index contributed by atoms with van der Waals surface area (Å²) in [5, 5.41) is 7.50. The summed E-state index contributed by atoms with van der Waals surface area (Å²) >= 11 is 0. The number of aryl methyl sites for hydroxylation is 2. The van der Waals surface area contributed by atoms with E-state index < -0.39 is 0 Å². The summed E-state index contributed by atoms with van der Waals surface area (Å²) in [4.78, 5) is 26.8. The van der Waals surface area contributed by atoms with Crippen molar-refractivity contribution in [1.29, 1.82) is 0 Å². The maximum Gasteiger partial charge on any atom is 0.258 e. The summed E-state index contributed by atoms with van der Waals surface area (Å²) in [5.74, 6) is 0.409. The number of aromatic nitrogens is 2. The smallest absolute Gasteiger partial charge is 0.258 e. The second-order valence-electron chi connectivity index (χ2n) is 8.89. The van der Waals surface area contributed by atoms with Crippen molar-refractivity contribution in [3.63, 3.8) is 0 Å². The number of hydrogen-bond acceptors (Lipinski definition) is 5. The van der Waals surface area contributed by atoms with Gasteiger partial charge in [-0.15, -0.1) is 0 Å². The highest BCUT2D eigenvalue weighted by atomic mass is 16.5. The molecule has 0 saturated heterocycles. The first-order chi connectivity index (χ1) is 16.6. The van der Waals surface area contributed by atoms with Crippen LogP contribution in [0.2, 0.25) is 0 Å². The maximum atomic E-state index is 13.2. The Bertz CT molecular complexity index is 1220. The summed E-state index contributed by atoms with van der Waals surface area (Å²) in [7, 11) is 3.26. The number of carbonyl (C=O) groups excluding carboxylic acids is 2. The first kappa shape index (κ1) is 25.8. The minimum atomic E-state index is -0.223. The summed E-state index contributed by atoms with van der Waals surface area (Å²) in [6, 6.07) is 13.1. The van der Waals surface area contributed by atoms with Gasteiger partial charge in [0.25, 0.3) is 11.8 Å². The lowest BCUT2D eigenvalue weighted by molar-refractivity contribution is -0.123. The molecule has 0 aliphatic carbocycles. The zero-order chi connectivity index (χ0) is 25.7. The average Bonchev–Trinajstić information content (AvgIpc) is 3.10. The number of hydrogen-bond donors (Lipinski definition) is 1. The van der Waals surface area contributed by atoms with Crippen molar-refractivity contribution in [3.8, 4) is 17.2 Å². The van der Waals surface area contributed by atoms with Crippen molar-refractivity contribution >= 4 is 11.8 Å². The second kappa shape index (κ2) is 11.1. The quantitative estimate of drug-likeness (QED) is 0.503. The predicted molar refractivity (Wildman–Crippen MR) is 135 cm³/mol. The number of nitrogens with zero attached hydrogens (tertiary/aromatic N) is 3. The molecule has 0 fully saturated rings. The minimum Gasteiger partial charge on any atom is -0.493 e. The van der Waals surface area contributed by atoms with Gasteiger partial charge in [-0.1, -0.05) is 18.2 Å². The number of para-hydroxylation sites is 1. The van der Waals surface area contributed by atoms with E-state index >= 15 is 0 Å². The van der Waals surface area contributed by atoms with Crippen LogP contribution in [0.1, 0.15) is 46.7 Å². The molecule has 1 aromatic heterocycles. The topological polar surface area (TPSA) is 85.7 Å². The molecule has 0 aliphatic heterocycles. The van der Waals surface area contributed by atoms with Gasteiger partial charge in [0.15, 0.2) is 18.1 Å². The highest BCUT2D eigenvalue weighted by Crippen LogP contribution is 2.29. The number of amides is 2. The van der Waals surface area contributed by atoms with Crippen LogP contribution in [0.3, 0.4) is 0 Å². The van der Waals surface area contributed by atoms with E-state index in [9.17, 15) is 9.59 Å². The SMILES string of the molecule is COc1cc(C(=O)N(C)Cc2c(C)nn(-c3ccccc3C)c2C)ccc1OCC(=O)NC(C)C. The molecule has 186 valence electrons. The molecule has 0 spiro atoms. The van der Waals surface area contributed by atoms with Crippen molar-refractivity contribution in [2.45, 2.75) is 47.2 Å². The van der Waals surface area contributed by atoms with Gasteiger partial charge in [0.05, 0.1) is 18.5 Å². The van der Waals surface area contributed by atoms with E-state index in [1.807, 2.05) is 50.6 Å². The van der Waals surface area contributed by atoms with Gasteiger partial charge in [0, 0.05) is 36.5 Å². The van der Waals surface area contributed by atoms with Crippen LogP contribution in [-0.2, 0) is 11.3 Å². The van der Waals surface area contributed by atoms with Crippen LogP contribution in [0.15, 0.2) is 42.5 Å². The molecule has 1 heterocycles. The summed E-state index contributed by atoms with van der Waals surface area (Å²) in [6.45, 7) is 10.1. The molecule has 3 rings (SSSR count). The number of benzene rings is 2. The molecule has 3 aromatic rings. The van der Waals surface area contributed by atoms with Crippen molar-refractivity contribution in [3.05, 3.63) is 70.5 Å². The highest BCUT2D eigenvalue weighted by molar-refractivity contribution is 5.94. The van der Waals surface area contributed by atoms with Crippen LogP contribution >= 0.6 is 0 Å². The van der Waals surface area contributed by atoms with Gasteiger partial charge in [0.1, 0.15) is 0 Å². The lowest BCUT2D eigenvalue weighted by atomic mass is 10.1. The maximum absolute atomic E-state index is 13.2. The lowest BCUT2D eigenvalue weighted by Gasteiger charge is -2.19. The molecule has 0 unspecified atom stereocenters. The molecule has 8 nitrogen and oxygen atoms in total. The fourth-order valence-corrected chi connectivity index (χ4v) is 3.90. The van der Waals surface area contributed by atoms with Gasteiger partial charge < -0.3 is 19.7 Å². The van der Waals surface area contributed by atoms with Crippen LogP contribution in [0.25, 0.3) is 5.69 Å². The summed E-state index contributed by atoms with van der Waals surface area (Å²) in [5.41, 5.74) is 5.50. The monoisotopic (exact) mass is 478 g/mol. The molecule has 0 radical (unpaired) electrons. The third-order valence-corrected chi connectivity index (χ3v) is 5.75. The normalized spacial score (nSPS) is 10.9. The van der Waals surface area contributed by atoms with E-state index in [0.717, 1.165) is 28.2 Å². The Morgan fingerprint density at radius 2 is 1.80 bits per heavy atom. The van der Waals surface area contributed by atoms with Crippen molar-refractivity contribution < 1.29 is 19.1 Å². The van der Waals surface area contributed by atoms with E-state index in [-0.39, 0.29) is 24.5 Å². The van der Waals surface area contributed by atoms with Crippen LogP contribution in [0, 0.1) is 20.8 Å². The molecule has 1 N–H and O–H groups in total.